The molecule has 4 nitrogen and oxygen atoms in total. The molecule has 0 aliphatic carbocycles. The zero-order chi connectivity index (χ0) is 15.9. The summed E-state index contributed by atoms with van der Waals surface area (Å²) >= 11 is 1.68. The molecule has 1 fully saturated rings. The first-order valence-electron chi connectivity index (χ1n) is 8.10. The van der Waals surface area contributed by atoms with Crippen LogP contribution in [0.1, 0.15) is 30.4 Å². The van der Waals surface area contributed by atoms with Crippen molar-refractivity contribution in [1.82, 2.24) is 9.88 Å². The maximum absolute atomic E-state index is 12.3. The van der Waals surface area contributed by atoms with Gasteiger partial charge in [0.25, 0.3) is 0 Å². The topological polar surface area (TPSA) is 42.4 Å². The molecule has 0 bridgehead atoms. The van der Waals surface area contributed by atoms with Crippen LogP contribution in [0.5, 0.6) is 0 Å². The number of carbonyl (C=O) groups is 1. The Morgan fingerprint density at radius 3 is 2.87 bits per heavy atom. The third-order valence-corrected chi connectivity index (χ3v) is 4.94. The molecule has 0 saturated carbocycles. The number of aromatic nitrogens is 1. The number of pyridine rings is 1. The summed E-state index contributed by atoms with van der Waals surface area (Å²) in [7, 11) is 0. The highest BCUT2D eigenvalue weighted by Crippen LogP contribution is 2.17. The van der Waals surface area contributed by atoms with Crippen LogP contribution in [0.4, 0.5) is 0 Å². The van der Waals surface area contributed by atoms with E-state index in [9.17, 15) is 4.79 Å². The summed E-state index contributed by atoms with van der Waals surface area (Å²) in [6.45, 7) is 2.21. The highest BCUT2D eigenvalue weighted by molar-refractivity contribution is 7.07. The number of ether oxygens (including phenoxy) is 1. The molecule has 2 aromatic heterocycles. The molecule has 122 valence electrons. The summed E-state index contributed by atoms with van der Waals surface area (Å²) in [5, 5.41) is 4.18. The van der Waals surface area contributed by atoms with Crippen LogP contribution >= 0.6 is 11.3 Å². The summed E-state index contributed by atoms with van der Waals surface area (Å²) in [6.07, 6.45) is 7.15. The van der Waals surface area contributed by atoms with Gasteiger partial charge in [-0.25, -0.2) is 0 Å². The number of rotatable bonds is 6. The summed E-state index contributed by atoms with van der Waals surface area (Å²) < 4.78 is 5.94. The third kappa shape index (κ3) is 4.88. The van der Waals surface area contributed by atoms with Crippen LogP contribution in [0, 0.1) is 0 Å². The fourth-order valence-electron chi connectivity index (χ4n) is 2.81. The van der Waals surface area contributed by atoms with Gasteiger partial charge in [0.05, 0.1) is 12.7 Å². The number of carbonyl (C=O) groups excluding carboxylic acids is 1. The molecule has 0 aromatic carbocycles. The third-order valence-electron chi connectivity index (χ3n) is 4.21. The van der Waals surface area contributed by atoms with E-state index in [0.717, 1.165) is 37.9 Å². The fraction of sp³-hybridized carbons (Fsp3) is 0.444. The minimum Gasteiger partial charge on any atom is -0.373 e. The highest BCUT2D eigenvalue weighted by atomic mass is 32.1. The second kappa shape index (κ2) is 8.22. The first kappa shape index (κ1) is 16.1. The Bertz CT molecular complexity index is 593. The van der Waals surface area contributed by atoms with Crippen molar-refractivity contribution in [2.75, 3.05) is 13.1 Å². The lowest BCUT2D eigenvalue weighted by atomic mass is 10.1. The molecule has 23 heavy (non-hydrogen) atoms. The molecule has 3 rings (SSSR count). The molecule has 0 atom stereocenters. The first-order chi connectivity index (χ1) is 11.3. The molecule has 1 amide bonds. The molecular weight excluding hydrogens is 308 g/mol. The zero-order valence-corrected chi connectivity index (χ0v) is 14.0. The standard InChI is InChI=1S/C18H22N2O2S/c21-18(4-3-15-7-11-23-14-15)20-9-5-17(6-10-20)22-13-16-2-1-8-19-12-16/h1-2,7-8,11-12,14,17H,3-6,9-10,13H2. The quantitative estimate of drug-likeness (QED) is 0.816. The van der Waals surface area contributed by atoms with Crippen LogP contribution in [0.15, 0.2) is 41.4 Å². The molecule has 0 spiro atoms. The van der Waals surface area contributed by atoms with Crippen LogP contribution in [-0.4, -0.2) is 35.0 Å². The molecule has 0 unspecified atom stereocenters. The number of hydrogen-bond acceptors (Lipinski definition) is 4. The molecule has 1 aliphatic heterocycles. The van der Waals surface area contributed by atoms with E-state index < -0.39 is 0 Å². The van der Waals surface area contributed by atoms with Crippen molar-refractivity contribution in [3.63, 3.8) is 0 Å². The molecule has 5 heteroatoms. The smallest absolute Gasteiger partial charge is 0.222 e. The maximum atomic E-state index is 12.3. The van der Waals surface area contributed by atoms with E-state index >= 15 is 0 Å². The van der Waals surface area contributed by atoms with Crippen LogP contribution in [0.3, 0.4) is 0 Å². The number of thiophene rings is 1. The van der Waals surface area contributed by atoms with Crippen molar-refractivity contribution in [2.24, 2.45) is 0 Å². The molecule has 1 aliphatic rings. The van der Waals surface area contributed by atoms with E-state index in [1.54, 1.807) is 17.5 Å². The molecule has 0 N–H and O–H groups in total. The Morgan fingerprint density at radius 2 is 2.17 bits per heavy atom. The van der Waals surface area contributed by atoms with Crippen LogP contribution in [0.25, 0.3) is 0 Å². The van der Waals surface area contributed by atoms with Gasteiger partial charge in [-0.3, -0.25) is 9.78 Å². The highest BCUT2D eigenvalue weighted by Gasteiger charge is 2.23. The Morgan fingerprint density at radius 1 is 1.30 bits per heavy atom. The van der Waals surface area contributed by atoms with Crippen molar-refractivity contribution in [2.45, 2.75) is 38.4 Å². The summed E-state index contributed by atoms with van der Waals surface area (Å²) in [4.78, 5) is 18.3. The zero-order valence-electron chi connectivity index (χ0n) is 13.2. The molecule has 1 saturated heterocycles. The van der Waals surface area contributed by atoms with E-state index in [4.69, 9.17) is 4.74 Å². The number of amides is 1. The van der Waals surface area contributed by atoms with Gasteiger partial charge in [-0.1, -0.05) is 6.07 Å². The molecular formula is C18H22N2O2S. The lowest BCUT2D eigenvalue weighted by Crippen LogP contribution is -2.40. The van der Waals surface area contributed by atoms with Crippen molar-refractivity contribution >= 4 is 17.2 Å². The molecule has 0 radical (unpaired) electrons. The van der Waals surface area contributed by atoms with Gasteiger partial charge in [-0.2, -0.15) is 11.3 Å². The minimum atomic E-state index is 0.246. The maximum Gasteiger partial charge on any atom is 0.222 e. The van der Waals surface area contributed by atoms with Gasteiger partial charge in [-0.15, -0.1) is 0 Å². The van der Waals surface area contributed by atoms with E-state index in [1.807, 2.05) is 23.2 Å². The number of likely N-dealkylation sites (tertiary alicyclic amines) is 1. The van der Waals surface area contributed by atoms with Crippen LogP contribution in [-0.2, 0) is 22.6 Å². The van der Waals surface area contributed by atoms with Crippen molar-refractivity contribution in [1.29, 1.82) is 0 Å². The minimum absolute atomic E-state index is 0.246. The Kier molecular flexibility index (Phi) is 5.77. The van der Waals surface area contributed by atoms with Gasteiger partial charge >= 0.3 is 0 Å². The van der Waals surface area contributed by atoms with Gasteiger partial charge in [0.1, 0.15) is 0 Å². The number of aryl methyl sites for hydroxylation is 1. The van der Waals surface area contributed by atoms with Gasteiger partial charge in [0.15, 0.2) is 0 Å². The van der Waals surface area contributed by atoms with E-state index in [0.29, 0.717) is 13.0 Å². The monoisotopic (exact) mass is 330 g/mol. The van der Waals surface area contributed by atoms with Gasteiger partial charge in [-0.05, 0) is 53.3 Å². The van der Waals surface area contributed by atoms with Crippen molar-refractivity contribution in [3.8, 4) is 0 Å². The molecule has 3 heterocycles. The first-order valence-corrected chi connectivity index (χ1v) is 9.05. The van der Waals surface area contributed by atoms with Gasteiger partial charge < -0.3 is 9.64 Å². The average molecular weight is 330 g/mol. The Balaban J connectivity index is 1.37. The van der Waals surface area contributed by atoms with E-state index in [2.05, 4.69) is 21.8 Å². The molecule has 2 aromatic rings. The van der Waals surface area contributed by atoms with Crippen LogP contribution in [0.2, 0.25) is 0 Å². The van der Waals surface area contributed by atoms with Gasteiger partial charge in [0, 0.05) is 31.9 Å². The van der Waals surface area contributed by atoms with Gasteiger partial charge in [0.2, 0.25) is 5.91 Å². The fourth-order valence-corrected chi connectivity index (χ4v) is 3.52. The predicted octanol–water partition coefficient (Wildman–Crippen LogP) is 3.28. The second-order valence-electron chi connectivity index (χ2n) is 5.88. The van der Waals surface area contributed by atoms with Crippen LogP contribution < -0.4 is 0 Å². The predicted molar refractivity (Wildman–Crippen MR) is 91.3 cm³/mol. The number of piperidine rings is 1. The lowest BCUT2D eigenvalue weighted by molar-refractivity contribution is -0.134. The summed E-state index contributed by atoms with van der Waals surface area (Å²) in [5.74, 6) is 0.266. The summed E-state index contributed by atoms with van der Waals surface area (Å²) in [6, 6.07) is 6.04. The van der Waals surface area contributed by atoms with E-state index in [-0.39, 0.29) is 12.0 Å². The lowest BCUT2D eigenvalue weighted by Gasteiger charge is -2.32. The van der Waals surface area contributed by atoms with E-state index in [1.165, 1.54) is 5.56 Å². The van der Waals surface area contributed by atoms with Crippen molar-refractivity contribution < 1.29 is 9.53 Å². The Labute approximate surface area is 141 Å². The Hall–Kier alpha value is -1.72. The normalized spacial score (nSPS) is 15.7. The number of hydrogen-bond donors (Lipinski definition) is 0. The summed E-state index contributed by atoms with van der Waals surface area (Å²) in [5.41, 5.74) is 2.36. The SMILES string of the molecule is O=C(CCc1ccsc1)N1CCC(OCc2cccnc2)CC1. The number of nitrogens with zero attached hydrogens (tertiary/aromatic N) is 2. The average Bonchev–Trinajstić information content (AvgIpc) is 3.13. The second-order valence-corrected chi connectivity index (χ2v) is 6.66. The largest absolute Gasteiger partial charge is 0.373 e. The van der Waals surface area contributed by atoms with Crippen molar-refractivity contribution in [3.05, 3.63) is 52.5 Å².